The molecule has 0 spiro atoms. The number of rotatable bonds is 6. The van der Waals surface area contributed by atoms with Gasteiger partial charge in [-0.3, -0.25) is 9.59 Å². The lowest BCUT2D eigenvalue weighted by atomic mass is 10.1. The lowest BCUT2D eigenvalue weighted by Crippen LogP contribution is -2.28. The molecule has 3 aromatic rings. The van der Waals surface area contributed by atoms with E-state index < -0.39 is 0 Å². The fourth-order valence-corrected chi connectivity index (χ4v) is 3.41. The first-order valence-corrected chi connectivity index (χ1v) is 9.51. The van der Waals surface area contributed by atoms with Gasteiger partial charge in [-0.15, -0.1) is 0 Å². The van der Waals surface area contributed by atoms with Crippen molar-refractivity contribution >= 4 is 28.3 Å². The zero-order chi connectivity index (χ0) is 19.3. The van der Waals surface area contributed by atoms with Gasteiger partial charge in [-0.05, 0) is 53.6 Å². The fourth-order valence-electron chi connectivity index (χ4n) is 3.41. The van der Waals surface area contributed by atoms with Gasteiger partial charge in [-0.25, -0.2) is 0 Å². The van der Waals surface area contributed by atoms with Crippen LogP contribution in [0.3, 0.4) is 0 Å². The average Bonchev–Trinajstić information content (AvgIpc) is 3.17. The maximum absolute atomic E-state index is 12.3. The van der Waals surface area contributed by atoms with Crippen molar-refractivity contribution in [2.75, 3.05) is 24.6 Å². The van der Waals surface area contributed by atoms with Gasteiger partial charge in [0.15, 0.2) is 0 Å². The molecule has 1 heterocycles. The minimum Gasteiger partial charge on any atom is -0.492 e. The van der Waals surface area contributed by atoms with E-state index in [0.29, 0.717) is 25.1 Å². The van der Waals surface area contributed by atoms with Crippen LogP contribution in [-0.2, 0) is 4.79 Å². The molecule has 1 fully saturated rings. The van der Waals surface area contributed by atoms with Crippen LogP contribution in [0.4, 0.5) is 5.69 Å². The summed E-state index contributed by atoms with van der Waals surface area (Å²) >= 11 is 0. The number of benzene rings is 3. The maximum Gasteiger partial charge on any atom is 0.251 e. The summed E-state index contributed by atoms with van der Waals surface area (Å²) in [5.74, 6) is 0.775. The molecule has 3 aromatic carbocycles. The van der Waals surface area contributed by atoms with E-state index in [1.807, 2.05) is 48.5 Å². The summed E-state index contributed by atoms with van der Waals surface area (Å²) in [5.41, 5.74) is 1.42. The molecule has 0 saturated carbocycles. The molecule has 2 amide bonds. The smallest absolute Gasteiger partial charge is 0.251 e. The molecular weight excluding hydrogens is 352 g/mol. The Morgan fingerprint density at radius 3 is 2.54 bits per heavy atom. The molecular formula is C23H22N2O3. The highest BCUT2D eigenvalue weighted by molar-refractivity contribution is 5.97. The van der Waals surface area contributed by atoms with Gasteiger partial charge in [0.2, 0.25) is 5.91 Å². The van der Waals surface area contributed by atoms with E-state index in [1.165, 1.54) is 5.39 Å². The van der Waals surface area contributed by atoms with Gasteiger partial charge in [0, 0.05) is 24.2 Å². The normalized spacial score (nSPS) is 13.7. The summed E-state index contributed by atoms with van der Waals surface area (Å²) in [5, 5.41) is 5.15. The Balaban J connectivity index is 1.27. The Morgan fingerprint density at radius 1 is 1.00 bits per heavy atom. The number of nitrogens with zero attached hydrogens (tertiary/aromatic N) is 1. The molecule has 0 aliphatic carbocycles. The van der Waals surface area contributed by atoms with Crippen LogP contribution in [0.5, 0.6) is 5.75 Å². The van der Waals surface area contributed by atoms with E-state index in [9.17, 15) is 9.59 Å². The predicted octanol–water partition coefficient (Wildman–Crippen LogP) is 3.78. The molecule has 1 N–H and O–H groups in total. The van der Waals surface area contributed by atoms with Gasteiger partial charge in [0.25, 0.3) is 5.91 Å². The standard InChI is InChI=1S/C23H22N2O3/c26-22-6-3-14-25(22)20-10-7-18(8-11-20)23(27)24-13-15-28-21-12-9-17-4-1-2-5-19(17)16-21/h1-2,4-5,7-12,16H,3,6,13-15H2,(H,24,27). The molecule has 1 aliphatic heterocycles. The van der Waals surface area contributed by atoms with Gasteiger partial charge >= 0.3 is 0 Å². The Labute approximate surface area is 163 Å². The molecule has 5 nitrogen and oxygen atoms in total. The summed E-state index contributed by atoms with van der Waals surface area (Å²) in [6.07, 6.45) is 1.48. The van der Waals surface area contributed by atoms with Gasteiger partial charge in [-0.2, -0.15) is 0 Å². The number of ether oxygens (including phenoxy) is 1. The highest BCUT2D eigenvalue weighted by atomic mass is 16.5. The number of carbonyl (C=O) groups excluding carboxylic acids is 2. The third-order valence-corrected chi connectivity index (χ3v) is 4.89. The van der Waals surface area contributed by atoms with Crippen LogP contribution >= 0.6 is 0 Å². The highest BCUT2D eigenvalue weighted by Gasteiger charge is 2.21. The largest absolute Gasteiger partial charge is 0.492 e. The van der Waals surface area contributed by atoms with E-state index in [0.717, 1.165) is 29.8 Å². The SMILES string of the molecule is O=C(NCCOc1ccc2ccccc2c1)c1ccc(N2CCCC2=O)cc1. The topological polar surface area (TPSA) is 58.6 Å². The number of amides is 2. The number of nitrogens with one attached hydrogen (secondary N) is 1. The molecule has 4 rings (SSSR count). The second-order valence-electron chi connectivity index (χ2n) is 6.81. The number of carbonyl (C=O) groups is 2. The Kier molecular flexibility index (Phi) is 5.24. The molecule has 5 heteroatoms. The Bertz CT molecular complexity index is 998. The predicted molar refractivity (Wildman–Crippen MR) is 110 cm³/mol. The second kappa shape index (κ2) is 8.13. The first-order chi connectivity index (χ1) is 13.7. The number of anilines is 1. The van der Waals surface area contributed by atoms with Crippen molar-refractivity contribution in [1.82, 2.24) is 5.32 Å². The van der Waals surface area contributed by atoms with Crippen molar-refractivity contribution in [2.24, 2.45) is 0 Å². The third-order valence-electron chi connectivity index (χ3n) is 4.89. The van der Waals surface area contributed by atoms with Crippen LogP contribution in [0.15, 0.2) is 66.7 Å². The van der Waals surface area contributed by atoms with Crippen molar-refractivity contribution in [3.63, 3.8) is 0 Å². The summed E-state index contributed by atoms with van der Waals surface area (Å²) < 4.78 is 5.74. The van der Waals surface area contributed by atoms with Gasteiger partial charge in [0.1, 0.15) is 12.4 Å². The van der Waals surface area contributed by atoms with Crippen molar-refractivity contribution in [2.45, 2.75) is 12.8 Å². The molecule has 142 valence electrons. The summed E-state index contributed by atoms with van der Waals surface area (Å²) in [6.45, 7) is 1.55. The molecule has 0 unspecified atom stereocenters. The third kappa shape index (κ3) is 3.98. The summed E-state index contributed by atoms with van der Waals surface area (Å²) in [4.78, 5) is 25.8. The van der Waals surface area contributed by atoms with E-state index in [-0.39, 0.29) is 11.8 Å². The lowest BCUT2D eigenvalue weighted by molar-refractivity contribution is -0.117. The first kappa shape index (κ1) is 18.0. The number of hydrogen-bond acceptors (Lipinski definition) is 3. The van der Waals surface area contributed by atoms with Crippen LogP contribution in [0.2, 0.25) is 0 Å². The maximum atomic E-state index is 12.3. The fraction of sp³-hybridized carbons (Fsp3) is 0.217. The van der Waals surface area contributed by atoms with Crippen LogP contribution in [0.1, 0.15) is 23.2 Å². The first-order valence-electron chi connectivity index (χ1n) is 9.51. The lowest BCUT2D eigenvalue weighted by Gasteiger charge is -2.15. The molecule has 1 saturated heterocycles. The number of fused-ring (bicyclic) bond motifs is 1. The van der Waals surface area contributed by atoms with Crippen LogP contribution in [-0.4, -0.2) is 31.5 Å². The van der Waals surface area contributed by atoms with Crippen LogP contribution in [0, 0.1) is 0 Å². The molecule has 1 aliphatic rings. The minimum atomic E-state index is -0.151. The van der Waals surface area contributed by atoms with Crippen LogP contribution in [0.25, 0.3) is 10.8 Å². The molecule has 28 heavy (non-hydrogen) atoms. The van der Waals surface area contributed by atoms with Gasteiger partial charge < -0.3 is 15.0 Å². The Hall–Kier alpha value is -3.34. The molecule has 0 atom stereocenters. The van der Waals surface area contributed by atoms with E-state index in [4.69, 9.17) is 4.74 Å². The number of hydrogen-bond donors (Lipinski definition) is 1. The van der Waals surface area contributed by atoms with Gasteiger partial charge in [0.05, 0.1) is 6.54 Å². The van der Waals surface area contributed by atoms with Crippen LogP contribution < -0.4 is 15.0 Å². The monoisotopic (exact) mass is 374 g/mol. The second-order valence-corrected chi connectivity index (χ2v) is 6.81. The van der Waals surface area contributed by atoms with Crippen molar-refractivity contribution in [1.29, 1.82) is 0 Å². The minimum absolute atomic E-state index is 0.142. The molecule has 0 aromatic heterocycles. The Morgan fingerprint density at radius 2 is 1.79 bits per heavy atom. The zero-order valence-corrected chi connectivity index (χ0v) is 15.6. The molecule has 0 bridgehead atoms. The van der Waals surface area contributed by atoms with Crippen molar-refractivity contribution < 1.29 is 14.3 Å². The van der Waals surface area contributed by atoms with Gasteiger partial charge in [-0.1, -0.05) is 30.3 Å². The highest BCUT2D eigenvalue weighted by Crippen LogP contribution is 2.22. The van der Waals surface area contributed by atoms with Crippen molar-refractivity contribution in [3.05, 3.63) is 72.3 Å². The summed E-state index contributed by atoms with van der Waals surface area (Å²) in [7, 11) is 0. The zero-order valence-electron chi connectivity index (χ0n) is 15.6. The quantitative estimate of drug-likeness (QED) is 0.668. The van der Waals surface area contributed by atoms with E-state index in [2.05, 4.69) is 11.4 Å². The van der Waals surface area contributed by atoms with E-state index >= 15 is 0 Å². The molecule has 0 radical (unpaired) electrons. The summed E-state index contributed by atoms with van der Waals surface area (Å²) in [6, 6.07) is 21.2. The van der Waals surface area contributed by atoms with E-state index in [1.54, 1.807) is 17.0 Å². The van der Waals surface area contributed by atoms with Crippen molar-refractivity contribution in [3.8, 4) is 5.75 Å². The average molecular weight is 374 g/mol.